The predicted molar refractivity (Wildman–Crippen MR) is 119 cm³/mol. The minimum atomic E-state index is 0.0116. The number of fused-ring (bicyclic) bond motifs is 1. The summed E-state index contributed by atoms with van der Waals surface area (Å²) >= 11 is 0. The third kappa shape index (κ3) is 4.91. The van der Waals surface area contributed by atoms with E-state index in [1.165, 1.54) is 50.6 Å². The first-order valence-corrected chi connectivity index (χ1v) is 11.9. The van der Waals surface area contributed by atoms with E-state index in [1.54, 1.807) is 11.1 Å². The summed E-state index contributed by atoms with van der Waals surface area (Å²) < 4.78 is 5.47. The average Bonchev–Trinajstić information content (AvgIpc) is 3.10. The zero-order chi connectivity index (χ0) is 20.1. The van der Waals surface area contributed by atoms with E-state index in [4.69, 9.17) is 4.74 Å². The summed E-state index contributed by atoms with van der Waals surface area (Å²) in [7, 11) is 0. The third-order valence-electron chi connectivity index (χ3n) is 7.97. The zero-order valence-electron chi connectivity index (χ0n) is 18.2. The molecule has 4 heteroatoms. The van der Waals surface area contributed by atoms with Gasteiger partial charge in [-0.25, -0.2) is 0 Å². The van der Waals surface area contributed by atoms with Gasteiger partial charge in [-0.1, -0.05) is 47.0 Å². The Morgan fingerprint density at radius 2 is 2.00 bits per heavy atom. The lowest BCUT2D eigenvalue weighted by atomic mass is 9.65. The molecule has 0 aromatic rings. The van der Waals surface area contributed by atoms with E-state index in [0.717, 1.165) is 52.0 Å². The molecule has 4 fully saturated rings. The molecule has 3 atom stereocenters. The molecule has 0 amide bonds. The van der Waals surface area contributed by atoms with E-state index < -0.39 is 0 Å². The van der Waals surface area contributed by atoms with Gasteiger partial charge in [-0.05, 0) is 75.5 Å². The number of hydrogen-bond donors (Lipinski definition) is 0. The highest BCUT2D eigenvalue weighted by Crippen LogP contribution is 2.57. The van der Waals surface area contributed by atoms with Crippen molar-refractivity contribution in [2.45, 2.75) is 77.2 Å². The number of hydrogen-bond acceptors (Lipinski definition) is 4. The lowest BCUT2D eigenvalue weighted by Crippen LogP contribution is -2.36. The van der Waals surface area contributed by atoms with Crippen LogP contribution in [0.15, 0.2) is 40.1 Å². The van der Waals surface area contributed by atoms with Crippen molar-refractivity contribution in [3.05, 3.63) is 39.9 Å². The van der Waals surface area contributed by atoms with Crippen molar-refractivity contribution in [1.29, 1.82) is 0 Å². The monoisotopic (exact) mass is 398 g/mol. The second-order valence-corrected chi connectivity index (χ2v) is 9.76. The molecule has 1 heterocycles. The molecule has 0 bridgehead atoms. The summed E-state index contributed by atoms with van der Waals surface area (Å²) in [5.41, 5.74) is 5.17. The number of rotatable bonds is 5. The second-order valence-electron chi connectivity index (χ2n) is 9.76. The van der Waals surface area contributed by atoms with Gasteiger partial charge in [0.25, 0.3) is 0 Å². The molecule has 3 unspecified atom stereocenters. The van der Waals surface area contributed by atoms with Crippen LogP contribution in [0.3, 0.4) is 0 Å². The van der Waals surface area contributed by atoms with Crippen LogP contribution in [0.4, 0.5) is 0 Å². The van der Waals surface area contributed by atoms with E-state index in [-0.39, 0.29) is 6.04 Å². The summed E-state index contributed by atoms with van der Waals surface area (Å²) in [6.07, 6.45) is 19.1. The molecule has 4 rings (SSSR count). The van der Waals surface area contributed by atoms with Crippen molar-refractivity contribution in [1.82, 2.24) is 4.90 Å². The molecule has 4 aliphatic rings. The standard InChI is InChI=1S/C25H38N2O2/c1-25-13-3-6-21(10-9-20-5-2-8-23(19-20)26-28)24(25)12-11-22(25)7-4-14-27-15-17-29-18-16-27/h7,9-10,23-24H,2-6,8,11-19H2,1H3/b20-9-,21-10+,22-7+. The van der Waals surface area contributed by atoms with Crippen molar-refractivity contribution >= 4 is 0 Å². The molecule has 0 aromatic heterocycles. The normalized spacial score (nSPS) is 37.9. The smallest absolute Gasteiger partial charge is 0.0956 e. The van der Waals surface area contributed by atoms with Crippen molar-refractivity contribution in [2.75, 3.05) is 32.8 Å². The highest BCUT2D eigenvalue weighted by atomic mass is 16.5. The summed E-state index contributed by atoms with van der Waals surface area (Å²) in [5, 5.41) is 3.30. The maximum atomic E-state index is 10.9. The van der Waals surface area contributed by atoms with E-state index in [0.29, 0.717) is 11.3 Å². The van der Waals surface area contributed by atoms with Crippen LogP contribution >= 0.6 is 0 Å². The molecular formula is C25H38N2O2. The number of ether oxygens (including phenoxy) is 1. The molecule has 0 spiro atoms. The average molecular weight is 399 g/mol. The molecule has 0 aromatic carbocycles. The van der Waals surface area contributed by atoms with E-state index >= 15 is 0 Å². The number of nitroso groups, excluding NO2 is 1. The fourth-order valence-electron chi connectivity index (χ4n) is 6.21. The lowest BCUT2D eigenvalue weighted by molar-refractivity contribution is 0.0387. The van der Waals surface area contributed by atoms with Gasteiger partial charge in [0.1, 0.15) is 0 Å². The number of morpholine rings is 1. The third-order valence-corrected chi connectivity index (χ3v) is 7.97. The van der Waals surface area contributed by atoms with Crippen LogP contribution in [0.25, 0.3) is 0 Å². The van der Waals surface area contributed by atoms with E-state index in [1.807, 2.05) is 0 Å². The largest absolute Gasteiger partial charge is 0.379 e. The van der Waals surface area contributed by atoms with Crippen LogP contribution in [-0.4, -0.2) is 43.8 Å². The molecule has 3 aliphatic carbocycles. The number of allylic oxidation sites excluding steroid dienone is 4. The van der Waals surface area contributed by atoms with Gasteiger partial charge in [0.2, 0.25) is 0 Å². The van der Waals surface area contributed by atoms with Gasteiger partial charge in [0.15, 0.2) is 0 Å². The minimum absolute atomic E-state index is 0.0116. The molecule has 4 nitrogen and oxygen atoms in total. The maximum Gasteiger partial charge on any atom is 0.0956 e. The first-order chi connectivity index (χ1) is 14.2. The molecule has 0 N–H and O–H groups in total. The number of nitrogens with zero attached hydrogens (tertiary/aromatic N) is 2. The summed E-state index contributed by atoms with van der Waals surface area (Å²) in [5.74, 6) is 0.714. The van der Waals surface area contributed by atoms with Gasteiger partial charge in [0.05, 0.1) is 19.3 Å². The highest BCUT2D eigenvalue weighted by Gasteiger charge is 2.45. The summed E-state index contributed by atoms with van der Waals surface area (Å²) in [4.78, 5) is 13.5. The second kappa shape index (κ2) is 9.70. The fraction of sp³-hybridized carbons (Fsp3) is 0.760. The van der Waals surface area contributed by atoms with Gasteiger partial charge in [-0.15, -0.1) is 0 Å². The quantitative estimate of drug-likeness (QED) is 0.434. The topological polar surface area (TPSA) is 41.9 Å². The van der Waals surface area contributed by atoms with Gasteiger partial charge >= 0.3 is 0 Å². The Kier molecular flexibility index (Phi) is 7.02. The Labute approximate surface area is 176 Å². The Balaban J connectivity index is 1.40. The van der Waals surface area contributed by atoms with E-state index in [9.17, 15) is 4.91 Å². The Morgan fingerprint density at radius 1 is 1.14 bits per heavy atom. The summed E-state index contributed by atoms with van der Waals surface area (Å²) in [6, 6.07) is 0.0116. The van der Waals surface area contributed by atoms with Gasteiger partial charge < -0.3 is 4.74 Å². The minimum Gasteiger partial charge on any atom is -0.379 e. The van der Waals surface area contributed by atoms with Gasteiger partial charge in [0, 0.05) is 19.6 Å². The Morgan fingerprint density at radius 3 is 2.83 bits per heavy atom. The zero-order valence-corrected chi connectivity index (χ0v) is 18.2. The van der Waals surface area contributed by atoms with Gasteiger partial charge in [-0.3, -0.25) is 4.90 Å². The molecule has 1 aliphatic heterocycles. The predicted octanol–water partition coefficient (Wildman–Crippen LogP) is 5.80. The summed E-state index contributed by atoms with van der Waals surface area (Å²) in [6.45, 7) is 7.66. The molecular weight excluding hydrogens is 360 g/mol. The molecule has 1 saturated heterocycles. The van der Waals surface area contributed by atoms with Crippen LogP contribution in [-0.2, 0) is 4.74 Å². The van der Waals surface area contributed by atoms with Crippen LogP contribution in [0, 0.1) is 16.2 Å². The van der Waals surface area contributed by atoms with Crippen LogP contribution in [0.2, 0.25) is 0 Å². The maximum absolute atomic E-state index is 10.9. The van der Waals surface area contributed by atoms with Crippen molar-refractivity contribution in [3.63, 3.8) is 0 Å². The van der Waals surface area contributed by atoms with Crippen molar-refractivity contribution in [3.8, 4) is 0 Å². The first kappa shape index (κ1) is 21.0. The molecule has 160 valence electrons. The lowest BCUT2D eigenvalue weighted by Gasteiger charge is -2.39. The van der Waals surface area contributed by atoms with Crippen LogP contribution in [0.5, 0.6) is 0 Å². The Hall–Kier alpha value is -1.26. The molecule has 29 heavy (non-hydrogen) atoms. The molecule has 0 radical (unpaired) electrons. The van der Waals surface area contributed by atoms with Crippen molar-refractivity contribution in [2.24, 2.45) is 16.5 Å². The van der Waals surface area contributed by atoms with Crippen LogP contribution < -0.4 is 0 Å². The van der Waals surface area contributed by atoms with Crippen molar-refractivity contribution < 1.29 is 4.74 Å². The highest BCUT2D eigenvalue weighted by molar-refractivity contribution is 5.32. The Bertz CT molecular complexity index is 674. The SMILES string of the molecule is CC12CCC/C(=C\C=C3\CCCC(N=O)C3)C1CC/C2=C\CCN1CCOCC1. The van der Waals surface area contributed by atoms with Gasteiger partial charge in [-0.2, -0.15) is 4.91 Å². The van der Waals surface area contributed by atoms with Crippen LogP contribution in [0.1, 0.15) is 71.1 Å². The fourth-order valence-corrected chi connectivity index (χ4v) is 6.21. The first-order valence-electron chi connectivity index (χ1n) is 11.9. The van der Waals surface area contributed by atoms with E-state index in [2.05, 4.69) is 35.2 Å². The molecule has 3 saturated carbocycles.